The summed E-state index contributed by atoms with van der Waals surface area (Å²) in [5.74, 6) is 0.933. The molecule has 0 fully saturated rings. The highest BCUT2D eigenvalue weighted by Gasteiger charge is 2.06. The number of amides is 1. The minimum Gasteiger partial charge on any atom is -0.493 e. The van der Waals surface area contributed by atoms with Crippen LogP contribution in [0.15, 0.2) is 76.3 Å². The van der Waals surface area contributed by atoms with Crippen LogP contribution in [-0.2, 0) is 11.4 Å². The number of nitrogens with zero attached hydrogens (tertiary/aromatic N) is 1. The zero-order chi connectivity index (χ0) is 22.1. The van der Waals surface area contributed by atoms with Crippen LogP contribution in [0.4, 0.5) is 5.69 Å². The molecule has 3 aromatic carbocycles. The van der Waals surface area contributed by atoms with Crippen LogP contribution in [0.3, 0.4) is 0 Å². The third-order valence-corrected chi connectivity index (χ3v) is 4.98. The first-order valence-electron chi connectivity index (χ1n) is 9.40. The number of nitrogens with one attached hydrogen (secondary N) is 2. The Morgan fingerprint density at radius 1 is 1.06 bits per heavy atom. The van der Waals surface area contributed by atoms with Crippen LogP contribution < -0.4 is 20.2 Å². The number of hydrogen-bond acceptors (Lipinski definition) is 5. The summed E-state index contributed by atoms with van der Waals surface area (Å²) in [5.41, 5.74) is 5.09. The predicted molar refractivity (Wildman–Crippen MR) is 127 cm³/mol. The van der Waals surface area contributed by atoms with Gasteiger partial charge in [-0.15, -0.1) is 0 Å². The highest BCUT2D eigenvalue weighted by molar-refractivity contribution is 9.10. The van der Waals surface area contributed by atoms with Gasteiger partial charge in [-0.1, -0.05) is 39.7 Å². The Bertz CT molecular complexity index is 1040. The van der Waals surface area contributed by atoms with Crippen molar-refractivity contribution in [3.8, 4) is 11.5 Å². The smallest absolute Gasteiger partial charge is 0.259 e. The molecular weight excluding hydrogens is 482 g/mol. The molecule has 0 aromatic heterocycles. The van der Waals surface area contributed by atoms with Gasteiger partial charge in [0, 0.05) is 15.2 Å². The Hall–Kier alpha value is -3.03. The van der Waals surface area contributed by atoms with Crippen molar-refractivity contribution in [1.29, 1.82) is 0 Å². The van der Waals surface area contributed by atoms with Crippen LogP contribution in [0.25, 0.3) is 0 Å². The number of ether oxygens (including phenoxy) is 2. The second kappa shape index (κ2) is 11.4. The first-order chi connectivity index (χ1) is 15.0. The van der Waals surface area contributed by atoms with Crippen molar-refractivity contribution in [2.24, 2.45) is 5.10 Å². The number of halogens is 2. The van der Waals surface area contributed by atoms with Crippen LogP contribution in [0.2, 0.25) is 5.02 Å². The van der Waals surface area contributed by atoms with Gasteiger partial charge in [-0.2, -0.15) is 5.10 Å². The molecule has 160 valence electrons. The topological polar surface area (TPSA) is 72.0 Å². The van der Waals surface area contributed by atoms with Crippen molar-refractivity contribution in [2.75, 3.05) is 19.0 Å². The number of carbonyl (C=O) groups is 1. The van der Waals surface area contributed by atoms with Crippen molar-refractivity contribution in [1.82, 2.24) is 5.43 Å². The lowest BCUT2D eigenvalue weighted by Gasteiger charge is -2.11. The lowest BCUT2D eigenvalue weighted by molar-refractivity contribution is -0.119. The molecule has 2 N–H and O–H groups in total. The molecule has 31 heavy (non-hydrogen) atoms. The van der Waals surface area contributed by atoms with Crippen molar-refractivity contribution in [3.05, 3.63) is 87.4 Å². The lowest BCUT2D eigenvalue weighted by Crippen LogP contribution is -2.25. The van der Waals surface area contributed by atoms with E-state index in [2.05, 4.69) is 31.8 Å². The van der Waals surface area contributed by atoms with Crippen LogP contribution >= 0.6 is 27.5 Å². The second-order valence-electron chi connectivity index (χ2n) is 6.48. The van der Waals surface area contributed by atoms with Crippen LogP contribution in [-0.4, -0.2) is 25.8 Å². The van der Waals surface area contributed by atoms with Gasteiger partial charge < -0.3 is 14.8 Å². The molecule has 0 unspecified atom stereocenters. The van der Waals surface area contributed by atoms with Crippen LogP contribution in [0.5, 0.6) is 11.5 Å². The number of hydrazone groups is 1. The molecule has 0 radical (unpaired) electrons. The van der Waals surface area contributed by atoms with Crippen molar-refractivity contribution < 1.29 is 14.3 Å². The van der Waals surface area contributed by atoms with Crippen molar-refractivity contribution >= 4 is 45.3 Å². The highest BCUT2D eigenvalue weighted by atomic mass is 79.9. The fourth-order valence-electron chi connectivity index (χ4n) is 2.59. The molecule has 8 heteroatoms. The average molecular weight is 503 g/mol. The molecule has 0 bridgehead atoms. The van der Waals surface area contributed by atoms with E-state index in [0.717, 1.165) is 21.3 Å². The van der Waals surface area contributed by atoms with Gasteiger partial charge in [-0.05, 0) is 65.7 Å². The molecule has 3 rings (SSSR count). The zero-order valence-corrected chi connectivity index (χ0v) is 19.1. The number of benzene rings is 3. The third kappa shape index (κ3) is 7.31. The summed E-state index contributed by atoms with van der Waals surface area (Å²) in [4.78, 5) is 11.9. The first-order valence-corrected chi connectivity index (χ1v) is 10.6. The van der Waals surface area contributed by atoms with Gasteiger partial charge in [0.05, 0.1) is 19.9 Å². The number of anilines is 1. The van der Waals surface area contributed by atoms with Crippen LogP contribution in [0.1, 0.15) is 11.1 Å². The molecular formula is C23H21BrClN3O3. The van der Waals surface area contributed by atoms with Gasteiger partial charge in [0.25, 0.3) is 5.91 Å². The molecule has 0 heterocycles. The van der Waals surface area contributed by atoms with Crippen LogP contribution in [0, 0.1) is 0 Å². The fraction of sp³-hybridized carbons (Fsp3) is 0.130. The summed E-state index contributed by atoms with van der Waals surface area (Å²) < 4.78 is 12.3. The number of carbonyl (C=O) groups excluding carboxylic acids is 1. The Morgan fingerprint density at radius 2 is 1.81 bits per heavy atom. The van der Waals surface area contributed by atoms with Gasteiger partial charge in [-0.3, -0.25) is 4.79 Å². The molecule has 0 aliphatic carbocycles. The van der Waals surface area contributed by atoms with E-state index in [1.165, 1.54) is 0 Å². The normalized spacial score (nSPS) is 10.7. The summed E-state index contributed by atoms with van der Waals surface area (Å²) in [6.07, 6.45) is 1.54. The minimum atomic E-state index is -0.271. The summed E-state index contributed by atoms with van der Waals surface area (Å²) in [6, 6.07) is 20.4. The second-order valence-corrected chi connectivity index (χ2v) is 7.83. The van der Waals surface area contributed by atoms with E-state index in [1.807, 2.05) is 36.4 Å². The highest BCUT2D eigenvalue weighted by Crippen LogP contribution is 2.28. The third-order valence-electron chi connectivity index (χ3n) is 4.20. The summed E-state index contributed by atoms with van der Waals surface area (Å²) >= 11 is 9.25. The Kier molecular flexibility index (Phi) is 8.32. The van der Waals surface area contributed by atoms with Gasteiger partial charge in [0.1, 0.15) is 6.61 Å². The van der Waals surface area contributed by atoms with Crippen molar-refractivity contribution in [2.45, 2.75) is 6.61 Å². The quantitative estimate of drug-likeness (QED) is 0.310. The number of methoxy groups -OCH3 is 1. The molecule has 0 aliphatic heterocycles. The monoisotopic (exact) mass is 501 g/mol. The molecule has 0 saturated heterocycles. The fourth-order valence-corrected chi connectivity index (χ4v) is 2.98. The first kappa shape index (κ1) is 22.7. The average Bonchev–Trinajstić information content (AvgIpc) is 2.78. The van der Waals surface area contributed by atoms with E-state index < -0.39 is 0 Å². The summed E-state index contributed by atoms with van der Waals surface area (Å²) in [7, 11) is 1.58. The Labute approximate surface area is 194 Å². The van der Waals surface area contributed by atoms with Gasteiger partial charge >= 0.3 is 0 Å². The van der Waals surface area contributed by atoms with E-state index >= 15 is 0 Å². The standard InChI is InChI=1S/C23H21BrClN3O3/c1-30-22-12-17(4-11-21(22)31-15-16-2-5-18(24)6-3-16)13-27-28-23(29)14-26-20-9-7-19(25)8-10-20/h2-13,26H,14-15H2,1H3,(H,28,29)/b27-13-. The maximum atomic E-state index is 11.9. The predicted octanol–water partition coefficient (Wildman–Crippen LogP) is 5.25. The zero-order valence-electron chi connectivity index (χ0n) is 16.8. The van der Waals surface area contributed by atoms with E-state index in [-0.39, 0.29) is 12.5 Å². The Morgan fingerprint density at radius 3 is 2.52 bits per heavy atom. The number of hydrogen-bond donors (Lipinski definition) is 2. The molecule has 1 amide bonds. The minimum absolute atomic E-state index is 0.0884. The SMILES string of the molecule is COc1cc(/C=N\NC(=O)CNc2ccc(Cl)cc2)ccc1OCc1ccc(Br)cc1. The van der Waals surface area contributed by atoms with E-state index in [9.17, 15) is 4.79 Å². The number of rotatable bonds is 9. The van der Waals surface area contributed by atoms with Crippen molar-refractivity contribution in [3.63, 3.8) is 0 Å². The molecule has 0 saturated carbocycles. The summed E-state index contributed by atoms with van der Waals surface area (Å²) in [5, 5.41) is 7.62. The largest absolute Gasteiger partial charge is 0.493 e. The van der Waals surface area contributed by atoms with E-state index in [1.54, 1.807) is 43.7 Å². The molecule has 0 atom stereocenters. The maximum Gasteiger partial charge on any atom is 0.259 e. The Balaban J connectivity index is 1.51. The molecule has 0 spiro atoms. The van der Waals surface area contributed by atoms with E-state index in [4.69, 9.17) is 21.1 Å². The molecule has 6 nitrogen and oxygen atoms in total. The van der Waals surface area contributed by atoms with Gasteiger partial charge in [-0.25, -0.2) is 5.43 Å². The summed E-state index contributed by atoms with van der Waals surface area (Å²) in [6.45, 7) is 0.513. The van der Waals surface area contributed by atoms with E-state index in [0.29, 0.717) is 23.1 Å². The molecule has 3 aromatic rings. The lowest BCUT2D eigenvalue weighted by atomic mass is 10.2. The van der Waals surface area contributed by atoms with Gasteiger partial charge in [0.2, 0.25) is 0 Å². The molecule has 0 aliphatic rings. The van der Waals surface area contributed by atoms with Gasteiger partial charge in [0.15, 0.2) is 11.5 Å². The maximum absolute atomic E-state index is 11.9.